The van der Waals surface area contributed by atoms with Crippen LogP contribution in [0.25, 0.3) is 6.08 Å². The highest BCUT2D eigenvalue weighted by atomic mass is 32.2. The van der Waals surface area contributed by atoms with Crippen molar-refractivity contribution in [3.05, 3.63) is 45.5 Å². The van der Waals surface area contributed by atoms with Crippen LogP contribution in [-0.2, 0) is 9.84 Å². The van der Waals surface area contributed by atoms with Crippen molar-refractivity contribution in [2.75, 3.05) is 12.4 Å². The normalized spacial score (nSPS) is 21.0. The molecule has 3 N–H and O–H groups in total. The number of aliphatic hydroxyl groups is 2. The lowest BCUT2D eigenvalue weighted by Gasteiger charge is -2.19. The highest BCUT2D eigenvalue weighted by Crippen LogP contribution is 2.32. The van der Waals surface area contributed by atoms with Gasteiger partial charge in [0.25, 0.3) is 0 Å². The average Bonchev–Trinajstić information content (AvgIpc) is 2.83. The summed E-state index contributed by atoms with van der Waals surface area (Å²) in [6.45, 7) is 6.98. The lowest BCUT2D eigenvalue weighted by Crippen LogP contribution is -2.29. The van der Waals surface area contributed by atoms with Gasteiger partial charge in [-0.05, 0) is 74.4 Å². The van der Waals surface area contributed by atoms with Gasteiger partial charge < -0.3 is 15.3 Å². The van der Waals surface area contributed by atoms with Crippen molar-refractivity contribution in [3.63, 3.8) is 0 Å². The van der Waals surface area contributed by atoms with E-state index in [1.807, 2.05) is 32.9 Å². The summed E-state index contributed by atoms with van der Waals surface area (Å²) in [7, 11) is -3.41. The number of sulfone groups is 1. The van der Waals surface area contributed by atoms with Crippen molar-refractivity contribution in [1.29, 1.82) is 0 Å². The van der Waals surface area contributed by atoms with Gasteiger partial charge in [0.15, 0.2) is 9.84 Å². The van der Waals surface area contributed by atoms with E-state index in [0.29, 0.717) is 29.7 Å². The summed E-state index contributed by atoms with van der Waals surface area (Å²) >= 11 is 0. The van der Waals surface area contributed by atoms with Gasteiger partial charge in [0.05, 0.1) is 18.5 Å². The summed E-state index contributed by atoms with van der Waals surface area (Å²) in [6, 6.07) is 3.85. The van der Waals surface area contributed by atoms with Gasteiger partial charge in [0, 0.05) is 0 Å². The van der Waals surface area contributed by atoms with Gasteiger partial charge in [-0.1, -0.05) is 24.1 Å². The second-order valence-electron chi connectivity index (χ2n) is 7.43. The molecule has 1 heterocycles. The van der Waals surface area contributed by atoms with Gasteiger partial charge in [0.1, 0.15) is 11.0 Å². The summed E-state index contributed by atoms with van der Waals surface area (Å²) in [5, 5.41) is 29.0. The van der Waals surface area contributed by atoms with Crippen LogP contribution in [0.1, 0.15) is 49.8 Å². The summed E-state index contributed by atoms with van der Waals surface area (Å²) in [4.78, 5) is 0. The second kappa shape index (κ2) is 8.59. The van der Waals surface area contributed by atoms with Crippen LogP contribution in [0.2, 0.25) is 0 Å². The van der Waals surface area contributed by atoms with E-state index >= 15 is 0 Å². The smallest absolute Gasteiger partial charge is 0.163 e. The van der Waals surface area contributed by atoms with E-state index < -0.39 is 27.8 Å². The number of phenols is 1. The van der Waals surface area contributed by atoms with Crippen molar-refractivity contribution in [3.8, 4) is 5.75 Å². The molecule has 1 aliphatic rings. The Morgan fingerprint density at radius 3 is 2.37 bits per heavy atom. The summed E-state index contributed by atoms with van der Waals surface area (Å²) in [5.41, 5.74) is 4.89. The number of hydrogen-bond acceptors (Lipinski definition) is 5. The van der Waals surface area contributed by atoms with E-state index in [0.717, 1.165) is 28.7 Å². The van der Waals surface area contributed by atoms with E-state index in [9.17, 15) is 23.7 Å². The van der Waals surface area contributed by atoms with E-state index in [4.69, 9.17) is 0 Å². The Labute approximate surface area is 162 Å². The van der Waals surface area contributed by atoms with Gasteiger partial charge in [-0.25, -0.2) is 8.42 Å². The van der Waals surface area contributed by atoms with Gasteiger partial charge in [0.2, 0.25) is 0 Å². The highest BCUT2D eigenvalue weighted by molar-refractivity contribution is 7.92. The quantitative estimate of drug-likeness (QED) is 0.618. The van der Waals surface area contributed by atoms with E-state index in [2.05, 4.69) is 6.08 Å². The lowest BCUT2D eigenvalue weighted by molar-refractivity contribution is 0.188. The predicted octanol–water partition coefficient (Wildman–Crippen LogP) is 3.05. The maximum absolute atomic E-state index is 12.1. The average molecular weight is 395 g/mol. The molecule has 1 aliphatic heterocycles. The number of aliphatic hydroxyl groups excluding tert-OH is 2. The fourth-order valence-electron chi connectivity index (χ4n) is 3.80. The van der Waals surface area contributed by atoms with Crippen LogP contribution in [0.5, 0.6) is 5.75 Å². The first-order valence-electron chi connectivity index (χ1n) is 9.30. The fourth-order valence-corrected chi connectivity index (χ4v) is 5.75. The number of rotatable bonds is 7. The van der Waals surface area contributed by atoms with E-state index in [1.165, 1.54) is 0 Å². The first-order chi connectivity index (χ1) is 12.6. The molecule has 0 fully saturated rings. The third-order valence-corrected chi connectivity index (χ3v) is 7.40. The largest absolute Gasteiger partial charge is 0.507 e. The van der Waals surface area contributed by atoms with E-state index in [1.54, 1.807) is 6.92 Å². The summed E-state index contributed by atoms with van der Waals surface area (Å²) in [6.07, 6.45) is 3.03. The Kier molecular flexibility index (Phi) is 6.89. The van der Waals surface area contributed by atoms with Crippen LogP contribution < -0.4 is 0 Å². The first kappa shape index (κ1) is 21.7. The second-order valence-corrected chi connectivity index (χ2v) is 9.61. The minimum Gasteiger partial charge on any atom is -0.507 e. The molecule has 6 heteroatoms. The third-order valence-electron chi connectivity index (χ3n) is 5.29. The Hall–Kier alpha value is -1.63. The Morgan fingerprint density at radius 2 is 1.85 bits per heavy atom. The minimum atomic E-state index is -3.41. The molecule has 0 aromatic heterocycles. The molecule has 0 bridgehead atoms. The molecule has 0 saturated carbocycles. The van der Waals surface area contributed by atoms with Crippen LogP contribution in [-0.4, -0.2) is 47.5 Å². The molecule has 150 valence electrons. The number of aryl methyl sites for hydroxylation is 2. The van der Waals surface area contributed by atoms with Crippen LogP contribution in [0.4, 0.5) is 0 Å². The van der Waals surface area contributed by atoms with Crippen LogP contribution in [0, 0.1) is 13.8 Å². The molecular weight excluding hydrogens is 364 g/mol. The summed E-state index contributed by atoms with van der Waals surface area (Å²) < 4.78 is 24.2. The number of hydrogen-bond donors (Lipinski definition) is 3. The SMILES string of the molecule is CC/C(=C\c1cc(C)c(O)c(C)c1)CC[C@@H](O)C1=C(C)CS(=O)(=O)[C@H]1CO. The Morgan fingerprint density at radius 1 is 1.26 bits per heavy atom. The molecule has 1 aromatic rings. The number of phenolic OH excluding ortho intramolecular Hbond substituents is 1. The van der Waals surface area contributed by atoms with Crippen molar-refractivity contribution >= 4 is 15.9 Å². The molecule has 2 atom stereocenters. The molecule has 5 nitrogen and oxygen atoms in total. The third kappa shape index (κ3) is 4.81. The topological polar surface area (TPSA) is 94.8 Å². The number of aromatic hydroxyl groups is 1. The zero-order valence-corrected chi connectivity index (χ0v) is 17.3. The molecule has 0 radical (unpaired) electrons. The monoisotopic (exact) mass is 394 g/mol. The Balaban J connectivity index is 2.15. The van der Waals surface area contributed by atoms with Gasteiger partial charge in [-0.3, -0.25) is 0 Å². The lowest BCUT2D eigenvalue weighted by atomic mass is 9.94. The molecule has 0 saturated heterocycles. The van der Waals surface area contributed by atoms with Crippen LogP contribution >= 0.6 is 0 Å². The number of allylic oxidation sites excluding steroid dienone is 1. The molecule has 0 unspecified atom stereocenters. The molecule has 27 heavy (non-hydrogen) atoms. The fraction of sp³-hybridized carbons (Fsp3) is 0.524. The molecule has 0 amide bonds. The van der Waals surface area contributed by atoms with Crippen LogP contribution in [0.3, 0.4) is 0 Å². The maximum Gasteiger partial charge on any atom is 0.163 e. The van der Waals surface area contributed by atoms with Crippen molar-refractivity contribution < 1.29 is 23.7 Å². The Bertz CT molecular complexity index is 842. The van der Waals surface area contributed by atoms with Gasteiger partial charge >= 0.3 is 0 Å². The van der Waals surface area contributed by atoms with Gasteiger partial charge in [-0.15, -0.1) is 0 Å². The zero-order chi connectivity index (χ0) is 20.4. The molecule has 1 aromatic carbocycles. The minimum absolute atomic E-state index is 0.0901. The standard InChI is InChI=1S/C21H30O5S/c1-5-16(10-17-8-13(2)21(24)14(3)9-17)6-7-18(23)20-15(4)12-27(25,26)19(20)11-22/h8-10,18-19,22-24H,5-7,11-12H2,1-4H3/b16-10+/t18-,19+/m1/s1. The van der Waals surface area contributed by atoms with E-state index in [-0.39, 0.29) is 5.75 Å². The van der Waals surface area contributed by atoms with Crippen molar-refractivity contribution in [2.24, 2.45) is 0 Å². The predicted molar refractivity (Wildman–Crippen MR) is 108 cm³/mol. The first-order valence-corrected chi connectivity index (χ1v) is 11.0. The maximum atomic E-state index is 12.1. The van der Waals surface area contributed by atoms with Crippen molar-refractivity contribution in [1.82, 2.24) is 0 Å². The molecular formula is C21H30O5S. The zero-order valence-electron chi connectivity index (χ0n) is 16.5. The van der Waals surface area contributed by atoms with Crippen LogP contribution in [0.15, 0.2) is 28.9 Å². The molecule has 2 rings (SSSR count). The molecule has 0 spiro atoms. The molecule has 0 aliphatic carbocycles. The van der Waals surface area contributed by atoms with Gasteiger partial charge in [-0.2, -0.15) is 0 Å². The van der Waals surface area contributed by atoms with Crippen molar-refractivity contribution in [2.45, 2.75) is 58.3 Å². The highest BCUT2D eigenvalue weighted by Gasteiger charge is 2.39. The summed E-state index contributed by atoms with van der Waals surface area (Å²) in [5.74, 6) is 0.216. The number of benzene rings is 1.